The van der Waals surface area contributed by atoms with Crippen molar-refractivity contribution in [2.24, 2.45) is 0 Å². The zero-order valence-corrected chi connectivity index (χ0v) is 15.3. The Morgan fingerprint density at radius 3 is 2.50 bits per heavy atom. The molecule has 6 nitrogen and oxygen atoms in total. The van der Waals surface area contributed by atoms with Crippen LogP contribution < -0.4 is 10.1 Å². The zero-order valence-electron chi connectivity index (χ0n) is 15.3. The van der Waals surface area contributed by atoms with Gasteiger partial charge in [-0.3, -0.25) is 9.69 Å². The van der Waals surface area contributed by atoms with Gasteiger partial charge < -0.3 is 14.8 Å². The second kappa shape index (κ2) is 9.58. The van der Waals surface area contributed by atoms with Crippen molar-refractivity contribution in [2.75, 3.05) is 32.6 Å². The molecule has 26 heavy (non-hydrogen) atoms. The van der Waals surface area contributed by atoms with Gasteiger partial charge in [0.05, 0.1) is 25.8 Å². The van der Waals surface area contributed by atoms with Gasteiger partial charge in [0.15, 0.2) is 0 Å². The molecule has 0 heterocycles. The largest absolute Gasteiger partial charge is 0.494 e. The second-order valence-corrected chi connectivity index (χ2v) is 5.87. The predicted octanol–water partition coefficient (Wildman–Crippen LogP) is 2.94. The van der Waals surface area contributed by atoms with E-state index in [1.807, 2.05) is 43.1 Å². The predicted molar refractivity (Wildman–Crippen MR) is 100 cm³/mol. The highest BCUT2D eigenvalue weighted by Crippen LogP contribution is 2.14. The molecule has 0 saturated heterocycles. The van der Waals surface area contributed by atoms with Crippen LogP contribution in [0.3, 0.4) is 0 Å². The van der Waals surface area contributed by atoms with E-state index in [2.05, 4.69) is 10.1 Å². The van der Waals surface area contributed by atoms with Crippen molar-refractivity contribution in [2.45, 2.75) is 13.5 Å². The van der Waals surface area contributed by atoms with Crippen molar-refractivity contribution >= 4 is 17.6 Å². The SMILES string of the molecule is CCOc1ccc(CN(C)CC(=O)Nc2cccc(C(=O)OC)c2)cc1. The summed E-state index contributed by atoms with van der Waals surface area (Å²) in [5, 5.41) is 2.80. The zero-order chi connectivity index (χ0) is 18.9. The third-order valence-electron chi connectivity index (χ3n) is 3.67. The van der Waals surface area contributed by atoms with E-state index in [-0.39, 0.29) is 12.5 Å². The summed E-state index contributed by atoms with van der Waals surface area (Å²) in [6, 6.07) is 14.5. The normalized spacial score (nSPS) is 10.5. The molecule has 0 atom stereocenters. The van der Waals surface area contributed by atoms with Gasteiger partial charge in [0.1, 0.15) is 5.75 Å². The Hall–Kier alpha value is -2.86. The van der Waals surface area contributed by atoms with Crippen molar-refractivity contribution in [1.82, 2.24) is 4.90 Å². The topological polar surface area (TPSA) is 67.9 Å². The molecule has 0 unspecified atom stereocenters. The number of hydrogen-bond acceptors (Lipinski definition) is 5. The minimum absolute atomic E-state index is 0.152. The van der Waals surface area contributed by atoms with Gasteiger partial charge >= 0.3 is 5.97 Å². The van der Waals surface area contributed by atoms with Crippen LogP contribution in [0.4, 0.5) is 5.69 Å². The fourth-order valence-corrected chi connectivity index (χ4v) is 2.51. The number of carbonyl (C=O) groups excluding carboxylic acids is 2. The first-order valence-corrected chi connectivity index (χ1v) is 8.40. The summed E-state index contributed by atoms with van der Waals surface area (Å²) in [7, 11) is 3.20. The van der Waals surface area contributed by atoms with E-state index < -0.39 is 5.97 Å². The second-order valence-electron chi connectivity index (χ2n) is 5.87. The summed E-state index contributed by atoms with van der Waals surface area (Å²) in [6.45, 7) is 3.45. The number of ether oxygens (including phenoxy) is 2. The lowest BCUT2D eigenvalue weighted by Gasteiger charge is -2.17. The number of carbonyl (C=O) groups is 2. The highest BCUT2D eigenvalue weighted by molar-refractivity contribution is 5.95. The van der Waals surface area contributed by atoms with Crippen LogP contribution in [0.5, 0.6) is 5.75 Å². The number of amides is 1. The van der Waals surface area contributed by atoms with Gasteiger partial charge in [-0.1, -0.05) is 18.2 Å². The highest BCUT2D eigenvalue weighted by Gasteiger charge is 2.10. The smallest absolute Gasteiger partial charge is 0.337 e. The van der Waals surface area contributed by atoms with Crippen LogP contribution in [0.15, 0.2) is 48.5 Å². The van der Waals surface area contributed by atoms with Crippen molar-refractivity contribution < 1.29 is 19.1 Å². The molecule has 0 fully saturated rings. The van der Waals surface area contributed by atoms with Crippen LogP contribution in [0.1, 0.15) is 22.8 Å². The van der Waals surface area contributed by atoms with Crippen molar-refractivity contribution in [3.8, 4) is 5.75 Å². The lowest BCUT2D eigenvalue weighted by Crippen LogP contribution is -2.29. The van der Waals surface area contributed by atoms with E-state index in [0.29, 0.717) is 24.4 Å². The molecule has 1 amide bonds. The highest BCUT2D eigenvalue weighted by atomic mass is 16.5. The van der Waals surface area contributed by atoms with Crippen LogP contribution >= 0.6 is 0 Å². The fourth-order valence-electron chi connectivity index (χ4n) is 2.51. The molecular formula is C20H24N2O4. The number of hydrogen-bond donors (Lipinski definition) is 1. The van der Waals surface area contributed by atoms with Crippen LogP contribution in [-0.2, 0) is 16.1 Å². The number of benzene rings is 2. The molecule has 6 heteroatoms. The van der Waals surface area contributed by atoms with Gasteiger partial charge in [-0.05, 0) is 49.9 Å². The summed E-state index contributed by atoms with van der Waals surface area (Å²) in [5.74, 6) is 0.247. The first kappa shape index (κ1) is 19.5. The van der Waals surface area contributed by atoms with E-state index in [9.17, 15) is 9.59 Å². The van der Waals surface area contributed by atoms with Crippen LogP contribution in [0.25, 0.3) is 0 Å². The monoisotopic (exact) mass is 356 g/mol. The number of methoxy groups -OCH3 is 1. The summed E-state index contributed by atoms with van der Waals surface area (Å²) in [6.07, 6.45) is 0. The minimum Gasteiger partial charge on any atom is -0.494 e. The van der Waals surface area contributed by atoms with E-state index in [1.54, 1.807) is 24.3 Å². The summed E-state index contributed by atoms with van der Waals surface area (Å²) in [5.41, 5.74) is 2.05. The van der Waals surface area contributed by atoms with Gasteiger partial charge in [-0.15, -0.1) is 0 Å². The molecule has 2 aromatic rings. The molecule has 1 N–H and O–H groups in total. The van der Waals surface area contributed by atoms with Crippen molar-refractivity contribution in [1.29, 1.82) is 0 Å². The molecule has 0 spiro atoms. The maximum absolute atomic E-state index is 12.2. The number of nitrogens with one attached hydrogen (secondary N) is 1. The number of anilines is 1. The Morgan fingerprint density at radius 2 is 1.85 bits per heavy atom. The summed E-state index contributed by atoms with van der Waals surface area (Å²) in [4.78, 5) is 25.7. The molecular weight excluding hydrogens is 332 g/mol. The van der Waals surface area contributed by atoms with Gasteiger partial charge in [-0.2, -0.15) is 0 Å². The summed E-state index contributed by atoms with van der Waals surface area (Å²) < 4.78 is 10.1. The molecule has 2 aromatic carbocycles. The van der Waals surface area contributed by atoms with E-state index in [0.717, 1.165) is 11.3 Å². The Balaban J connectivity index is 1.87. The Labute approximate surface area is 153 Å². The van der Waals surface area contributed by atoms with Crippen molar-refractivity contribution in [3.05, 3.63) is 59.7 Å². The fraction of sp³-hybridized carbons (Fsp3) is 0.300. The third kappa shape index (κ3) is 5.89. The molecule has 0 aromatic heterocycles. The molecule has 0 aliphatic rings. The maximum atomic E-state index is 12.2. The van der Waals surface area contributed by atoms with Crippen LogP contribution in [0, 0.1) is 0 Å². The Morgan fingerprint density at radius 1 is 1.12 bits per heavy atom. The standard InChI is InChI=1S/C20H24N2O4/c1-4-26-18-10-8-15(9-11-18)13-22(2)14-19(23)21-17-7-5-6-16(12-17)20(24)25-3/h5-12H,4,13-14H2,1-3H3,(H,21,23). The molecule has 2 rings (SSSR count). The number of nitrogens with zero attached hydrogens (tertiary/aromatic N) is 1. The van der Waals surface area contributed by atoms with Crippen molar-refractivity contribution in [3.63, 3.8) is 0 Å². The van der Waals surface area contributed by atoms with E-state index in [1.165, 1.54) is 7.11 Å². The molecule has 0 radical (unpaired) electrons. The number of likely N-dealkylation sites (N-methyl/N-ethyl adjacent to an activating group) is 1. The number of esters is 1. The van der Waals surface area contributed by atoms with Gasteiger partial charge in [0.2, 0.25) is 5.91 Å². The number of rotatable bonds is 8. The van der Waals surface area contributed by atoms with Crippen LogP contribution in [0.2, 0.25) is 0 Å². The maximum Gasteiger partial charge on any atom is 0.337 e. The van der Waals surface area contributed by atoms with E-state index >= 15 is 0 Å². The third-order valence-corrected chi connectivity index (χ3v) is 3.67. The molecule has 138 valence electrons. The first-order valence-electron chi connectivity index (χ1n) is 8.40. The lowest BCUT2D eigenvalue weighted by molar-refractivity contribution is -0.117. The van der Waals surface area contributed by atoms with E-state index in [4.69, 9.17) is 4.74 Å². The molecule has 0 aliphatic heterocycles. The average molecular weight is 356 g/mol. The lowest BCUT2D eigenvalue weighted by atomic mass is 10.2. The first-order chi connectivity index (χ1) is 12.5. The Kier molecular flexibility index (Phi) is 7.17. The van der Waals surface area contributed by atoms with Gasteiger partial charge in [0, 0.05) is 12.2 Å². The van der Waals surface area contributed by atoms with Gasteiger partial charge in [-0.25, -0.2) is 4.79 Å². The quantitative estimate of drug-likeness (QED) is 0.737. The summed E-state index contributed by atoms with van der Waals surface area (Å²) >= 11 is 0. The van der Waals surface area contributed by atoms with Crippen LogP contribution in [-0.4, -0.2) is 44.1 Å². The molecule has 0 saturated carbocycles. The Bertz CT molecular complexity index is 744. The minimum atomic E-state index is -0.436. The van der Waals surface area contributed by atoms with Gasteiger partial charge in [0.25, 0.3) is 0 Å². The molecule has 0 aliphatic carbocycles. The average Bonchev–Trinajstić information content (AvgIpc) is 2.63. The molecule has 0 bridgehead atoms.